The van der Waals surface area contributed by atoms with Crippen LogP contribution >= 0.6 is 27.3 Å². The molecule has 2 N–H and O–H groups in total. The van der Waals surface area contributed by atoms with Crippen LogP contribution in [-0.4, -0.2) is 11.4 Å². The Hall–Kier alpha value is -0.840. The first-order chi connectivity index (χ1) is 8.72. The van der Waals surface area contributed by atoms with Gasteiger partial charge in [0.15, 0.2) is 0 Å². The van der Waals surface area contributed by atoms with E-state index < -0.39 is 0 Å². The summed E-state index contributed by atoms with van der Waals surface area (Å²) in [6.07, 6.45) is 1.18. The van der Waals surface area contributed by atoms with Crippen molar-refractivity contribution in [1.82, 2.24) is 4.90 Å². The first-order valence-corrected chi connectivity index (χ1v) is 7.71. The fraction of sp³-hybridized carbons (Fsp3) is 0.286. The molecule has 0 saturated carbocycles. The van der Waals surface area contributed by atoms with Gasteiger partial charge in [0, 0.05) is 34.7 Å². The van der Waals surface area contributed by atoms with Crippen LogP contribution in [-0.2, 0) is 19.5 Å². The number of benzene rings is 1. The third-order valence-electron chi connectivity index (χ3n) is 3.36. The summed E-state index contributed by atoms with van der Waals surface area (Å²) in [7, 11) is 0. The predicted molar refractivity (Wildman–Crippen MR) is 80.7 cm³/mol. The van der Waals surface area contributed by atoms with E-state index in [0.29, 0.717) is 0 Å². The van der Waals surface area contributed by atoms with E-state index in [1.165, 1.54) is 17.5 Å². The van der Waals surface area contributed by atoms with Crippen LogP contribution in [0.25, 0.3) is 0 Å². The van der Waals surface area contributed by atoms with Crippen molar-refractivity contribution >= 4 is 33.0 Å². The SMILES string of the molecule is Nc1ccc(CN2CCc3sccc3C2)c(Br)c1. The molecule has 2 heterocycles. The van der Waals surface area contributed by atoms with Crippen molar-refractivity contribution in [3.05, 3.63) is 50.1 Å². The Morgan fingerprint density at radius 1 is 1.33 bits per heavy atom. The summed E-state index contributed by atoms with van der Waals surface area (Å²) in [5, 5.41) is 2.20. The summed E-state index contributed by atoms with van der Waals surface area (Å²) < 4.78 is 1.11. The maximum atomic E-state index is 5.77. The van der Waals surface area contributed by atoms with Crippen LogP contribution < -0.4 is 5.73 Å². The van der Waals surface area contributed by atoms with Gasteiger partial charge in [-0.05, 0) is 41.1 Å². The molecule has 0 aliphatic carbocycles. The van der Waals surface area contributed by atoms with Gasteiger partial charge in [0.25, 0.3) is 0 Å². The standard InChI is InChI=1S/C14H15BrN2S/c15-13-7-12(16)2-1-10(13)8-17-5-3-14-11(9-17)4-6-18-14/h1-2,4,6-7H,3,5,8-9,16H2. The minimum Gasteiger partial charge on any atom is -0.399 e. The van der Waals surface area contributed by atoms with E-state index in [9.17, 15) is 0 Å². The average Bonchev–Trinajstić information content (AvgIpc) is 2.80. The minimum absolute atomic E-state index is 0.810. The maximum absolute atomic E-state index is 5.77. The molecule has 1 aliphatic heterocycles. The smallest absolute Gasteiger partial charge is 0.0325 e. The lowest BCUT2D eigenvalue weighted by molar-refractivity contribution is 0.247. The quantitative estimate of drug-likeness (QED) is 0.855. The van der Waals surface area contributed by atoms with E-state index in [-0.39, 0.29) is 0 Å². The van der Waals surface area contributed by atoms with Crippen LogP contribution in [0.1, 0.15) is 16.0 Å². The molecule has 0 radical (unpaired) electrons. The molecular formula is C14H15BrN2S. The van der Waals surface area contributed by atoms with Gasteiger partial charge in [0.1, 0.15) is 0 Å². The molecule has 1 aromatic heterocycles. The summed E-state index contributed by atoms with van der Waals surface area (Å²) >= 11 is 5.48. The highest BCUT2D eigenvalue weighted by atomic mass is 79.9. The number of hydrogen-bond acceptors (Lipinski definition) is 3. The van der Waals surface area contributed by atoms with Crippen molar-refractivity contribution in [2.45, 2.75) is 19.5 Å². The second-order valence-corrected chi connectivity index (χ2v) is 6.54. The summed E-state index contributed by atoms with van der Waals surface area (Å²) in [5.41, 5.74) is 9.38. The zero-order chi connectivity index (χ0) is 12.5. The second-order valence-electron chi connectivity index (χ2n) is 4.68. The highest BCUT2D eigenvalue weighted by Gasteiger charge is 2.17. The molecule has 3 rings (SSSR count). The highest BCUT2D eigenvalue weighted by molar-refractivity contribution is 9.10. The lowest BCUT2D eigenvalue weighted by Gasteiger charge is -2.27. The van der Waals surface area contributed by atoms with Gasteiger partial charge in [-0.3, -0.25) is 4.90 Å². The van der Waals surface area contributed by atoms with E-state index in [0.717, 1.165) is 29.8 Å². The Balaban J connectivity index is 1.74. The number of nitrogen functional groups attached to an aromatic ring is 1. The fourth-order valence-corrected chi connectivity index (χ4v) is 3.79. The molecule has 18 heavy (non-hydrogen) atoms. The summed E-state index contributed by atoms with van der Waals surface area (Å²) in [5.74, 6) is 0. The molecule has 0 saturated heterocycles. The van der Waals surface area contributed by atoms with Crippen molar-refractivity contribution in [1.29, 1.82) is 0 Å². The van der Waals surface area contributed by atoms with E-state index in [1.54, 1.807) is 4.88 Å². The number of thiophene rings is 1. The number of halogens is 1. The monoisotopic (exact) mass is 322 g/mol. The molecule has 1 aliphatic rings. The summed E-state index contributed by atoms with van der Waals surface area (Å²) in [6, 6.07) is 8.32. The molecule has 0 spiro atoms. The molecule has 0 fully saturated rings. The number of nitrogens with two attached hydrogens (primary N) is 1. The van der Waals surface area contributed by atoms with E-state index in [4.69, 9.17) is 5.73 Å². The zero-order valence-corrected chi connectivity index (χ0v) is 12.4. The second kappa shape index (κ2) is 5.03. The van der Waals surface area contributed by atoms with Gasteiger partial charge < -0.3 is 5.73 Å². The summed E-state index contributed by atoms with van der Waals surface area (Å²) in [4.78, 5) is 4.05. The van der Waals surface area contributed by atoms with Crippen LogP contribution in [0, 0.1) is 0 Å². The molecule has 94 valence electrons. The van der Waals surface area contributed by atoms with Crippen LogP contribution in [0.2, 0.25) is 0 Å². The van der Waals surface area contributed by atoms with E-state index in [1.807, 2.05) is 23.5 Å². The first-order valence-electron chi connectivity index (χ1n) is 6.04. The fourth-order valence-electron chi connectivity index (χ4n) is 2.37. The molecule has 4 heteroatoms. The molecule has 0 atom stereocenters. The van der Waals surface area contributed by atoms with E-state index in [2.05, 4.69) is 38.3 Å². The van der Waals surface area contributed by atoms with Crippen LogP contribution in [0.15, 0.2) is 34.1 Å². The first kappa shape index (κ1) is 12.2. The Labute approximate surface area is 120 Å². The molecular weight excluding hydrogens is 308 g/mol. The third-order valence-corrected chi connectivity index (χ3v) is 5.12. The van der Waals surface area contributed by atoms with Gasteiger partial charge in [0.2, 0.25) is 0 Å². The Morgan fingerprint density at radius 2 is 2.22 bits per heavy atom. The van der Waals surface area contributed by atoms with Gasteiger partial charge in [-0.25, -0.2) is 0 Å². The number of nitrogens with zero attached hydrogens (tertiary/aromatic N) is 1. The molecule has 0 unspecified atom stereocenters. The Bertz CT molecular complexity index is 565. The normalized spacial score (nSPS) is 15.6. The van der Waals surface area contributed by atoms with Gasteiger partial charge in [-0.1, -0.05) is 22.0 Å². The van der Waals surface area contributed by atoms with Crippen LogP contribution in [0.5, 0.6) is 0 Å². The summed E-state index contributed by atoms with van der Waals surface area (Å²) in [6.45, 7) is 3.19. The van der Waals surface area contributed by atoms with Crippen molar-refractivity contribution in [3.63, 3.8) is 0 Å². The third kappa shape index (κ3) is 2.46. The van der Waals surface area contributed by atoms with Crippen molar-refractivity contribution in [3.8, 4) is 0 Å². The number of anilines is 1. The van der Waals surface area contributed by atoms with Gasteiger partial charge in [-0.2, -0.15) is 0 Å². The number of hydrogen-bond donors (Lipinski definition) is 1. The van der Waals surface area contributed by atoms with Crippen molar-refractivity contribution in [2.24, 2.45) is 0 Å². The van der Waals surface area contributed by atoms with E-state index >= 15 is 0 Å². The Morgan fingerprint density at radius 3 is 3.06 bits per heavy atom. The average molecular weight is 323 g/mol. The van der Waals surface area contributed by atoms with Crippen LogP contribution in [0.4, 0.5) is 5.69 Å². The maximum Gasteiger partial charge on any atom is 0.0325 e. The molecule has 2 aromatic rings. The molecule has 1 aromatic carbocycles. The van der Waals surface area contributed by atoms with Gasteiger partial charge >= 0.3 is 0 Å². The molecule has 2 nitrogen and oxygen atoms in total. The Kier molecular flexibility index (Phi) is 3.41. The lowest BCUT2D eigenvalue weighted by Crippen LogP contribution is -2.29. The lowest BCUT2D eigenvalue weighted by atomic mass is 10.1. The highest BCUT2D eigenvalue weighted by Crippen LogP contribution is 2.27. The molecule has 0 amide bonds. The molecule has 0 bridgehead atoms. The largest absolute Gasteiger partial charge is 0.399 e. The number of fused-ring (bicyclic) bond motifs is 1. The van der Waals surface area contributed by atoms with Gasteiger partial charge in [0.05, 0.1) is 0 Å². The minimum atomic E-state index is 0.810. The topological polar surface area (TPSA) is 29.3 Å². The predicted octanol–water partition coefficient (Wildman–Crippen LogP) is 3.65. The van der Waals surface area contributed by atoms with Crippen molar-refractivity contribution < 1.29 is 0 Å². The van der Waals surface area contributed by atoms with Gasteiger partial charge in [-0.15, -0.1) is 11.3 Å². The van der Waals surface area contributed by atoms with Crippen LogP contribution in [0.3, 0.4) is 0 Å². The zero-order valence-electron chi connectivity index (χ0n) is 10.0. The van der Waals surface area contributed by atoms with Crippen molar-refractivity contribution in [2.75, 3.05) is 12.3 Å². The number of rotatable bonds is 2.